The molecule has 0 spiro atoms. The number of ether oxygens (including phenoxy) is 2. The summed E-state index contributed by atoms with van der Waals surface area (Å²) in [4.78, 5) is 25.4. The highest BCUT2D eigenvalue weighted by atomic mass is 32.2. The van der Waals surface area contributed by atoms with Crippen molar-refractivity contribution in [1.29, 1.82) is 0 Å². The van der Waals surface area contributed by atoms with Crippen LogP contribution in [0.1, 0.15) is 27.7 Å². The lowest BCUT2D eigenvalue weighted by Crippen LogP contribution is -2.53. The van der Waals surface area contributed by atoms with Crippen molar-refractivity contribution in [2.75, 3.05) is 25.5 Å². The summed E-state index contributed by atoms with van der Waals surface area (Å²) >= 11 is -2.49. The first-order chi connectivity index (χ1) is 10.5. The normalized spacial score (nSPS) is 23.3. The van der Waals surface area contributed by atoms with Crippen LogP contribution in [-0.4, -0.2) is 79.2 Å². The van der Waals surface area contributed by atoms with Gasteiger partial charge in [0.1, 0.15) is 5.60 Å². The number of hydrogen-bond acceptors (Lipinski definition) is 6. The summed E-state index contributed by atoms with van der Waals surface area (Å²) in [6, 6.07) is 0. The number of nitrogens with zero attached hydrogens (tertiary/aromatic N) is 2. The molecule has 23 heavy (non-hydrogen) atoms. The fraction of sp³-hybridized carbons (Fsp3) is 0.846. The van der Waals surface area contributed by atoms with E-state index in [2.05, 4.69) is 0 Å². The maximum absolute atomic E-state index is 12.1. The molecule has 9 nitrogen and oxygen atoms in total. The van der Waals surface area contributed by atoms with Crippen LogP contribution in [0.15, 0.2) is 0 Å². The van der Waals surface area contributed by atoms with E-state index >= 15 is 0 Å². The maximum atomic E-state index is 12.1. The van der Waals surface area contributed by atoms with Gasteiger partial charge in [-0.1, -0.05) is 0 Å². The molecule has 0 saturated carbocycles. The lowest BCUT2D eigenvalue weighted by molar-refractivity contribution is -0.0794. The molecule has 1 rings (SSSR count). The molecule has 1 saturated heterocycles. The van der Waals surface area contributed by atoms with Crippen LogP contribution in [0.3, 0.4) is 0 Å². The van der Waals surface area contributed by atoms with Gasteiger partial charge in [-0.05, 0) is 38.8 Å². The number of carbonyl (C=O) groups excluding carboxylic acids is 1. The minimum Gasteiger partial charge on any atom is -0.771 e. The van der Waals surface area contributed by atoms with E-state index in [1.807, 2.05) is 0 Å². The first-order valence-electron chi connectivity index (χ1n) is 7.15. The van der Waals surface area contributed by atoms with Crippen molar-refractivity contribution in [2.24, 2.45) is 0 Å². The van der Waals surface area contributed by atoms with Crippen molar-refractivity contribution in [1.82, 2.24) is 9.80 Å². The Kier molecular flexibility index (Phi) is 6.78. The molecule has 1 aliphatic heterocycles. The first-order valence-corrected chi connectivity index (χ1v) is 8.39. The fourth-order valence-corrected chi connectivity index (χ4v) is 2.65. The van der Waals surface area contributed by atoms with Crippen molar-refractivity contribution >= 4 is 23.3 Å². The van der Waals surface area contributed by atoms with Gasteiger partial charge in [-0.15, -0.1) is 0 Å². The molecule has 1 aliphatic rings. The molecule has 2 amide bonds. The van der Waals surface area contributed by atoms with Crippen LogP contribution in [0.4, 0.5) is 9.59 Å². The number of carboxylic acid groups (broad SMARTS) is 1. The maximum Gasteiger partial charge on any atom is 0.411 e. The summed E-state index contributed by atoms with van der Waals surface area (Å²) in [5, 5.41) is 9.08. The van der Waals surface area contributed by atoms with Gasteiger partial charge < -0.3 is 24.0 Å². The lowest BCUT2D eigenvalue weighted by atomic mass is 10.2. The molecule has 3 atom stereocenters. The minimum absolute atomic E-state index is 0.0600. The monoisotopic (exact) mass is 351 g/mol. The predicted octanol–water partition coefficient (Wildman–Crippen LogP) is 0.827. The number of hydrogen-bond donors (Lipinski definition) is 1. The second-order valence-corrected chi connectivity index (χ2v) is 7.26. The Labute approximate surface area is 137 Å². The molecule has 0 aliphatic carbocycles. The second-order valence-electron chi connectivity index (χ2n) is 6.39. The Morgan fingerprint density at radius 3 is 2.52 bits per heavy atom. The van der Waals surface area contributed by atoms with Crippen molar-refractivity contribution in [3.63, 3.8) is 0 Å². The third-order valence-corrected chi connectivity index (χ3v) is 3.46. The van der Waals surface area contributed by atoms with E-state index in [4.69, 9.17) is 14.6 Å². The zero-order chi connectivity index (χ0) is 17.8. The molecule has 134 valence electrons. The Balaban J connectivity index is 2.77. The summed E-state index contributed by atoms with van der Waals surface area (Å²) in [5.74, 6) is -0.545. The highest BCUT2D eigenvalue weighted by Gasteiger charge is 2.32. The molecule has 0 aromatic carbocycles. The molecule has 10 heteroatoms. The van der Waals surface area contributed by atoms with Crippen LogP contribution >= 0.6 is 0 Å². The Morgan fingerprint density at radius 1 is 1.43 bits per heavy atom. The average Bonchev–Trinajstić information content (AvgIpc) is 2.34. The van der Waals surface area contributed by atoms with Crippen LogP contribution in [0, 0.1) is 0 Å². The highest BCUT2D eigenvalue weighted by Crippen LogP contribution is 2.15. The Hall–Kier alpha value is -1.39. The number of morpholine rings is 1. The molecule has 0 radical (unpaired) electrons. The van der Waals surface area contributed by atoms with Crippen molar-refractivity contribution in [3.05, 3.63) is 0 Å². The topological polar surface area (TPSA) is 119 Å². The van der Waals surface area contributed by atoms with Gasteiger partial charge in [0.05, 0.1) is 37.7 Å². The SMILES string of the molecule is CC1CN(C(=O)O)CC(CN(CS(=O)[O-])C(=O)OC(C)(C)C)O1. The summed E-state index contributed by atoms with van der Waals surface area (Å²) in [6.45, 7) is 6.94. The smallest absolute Gasteiger partial charge is 0.411 e. The molecular formula is C13H23N2O7S-. The third-order valence-electron chi connectivity index (χ3n) is 2.93. The standard InChI is InChI=1S/C13H24N2O7S/c1-9-5-14(11(16)17)6-10(21-9)7-15(8-23(19)20)12(18)22-13(2,3)4/h9-10H,5-8H2,1-4H3,(H,16,17)(H,19,20)/p-1. The van der Waals surface area contributed by atoms with Gasteiger partial charge in [-0.3, -0.25) is 9.11 Å². The number of rotatable bonds is 4. The molecule has 0 aromatic heterocycles. The third kappa shape index (κ3) is 7.14. The van der Waals surface area contributed by atoms with E-state index in [1.54, 1.807) is 27.7 Å². The Bertz CT molecular complexity index is 466. The molecule has 1 N–H and O–H groups in total. The molecule has 0 aromatic rings. The van der Waals surface area contributed by atoms with Gasteiger partial charge in [-0.25, -0.2) is 9.59 Å². The van der Waals surface area contributed by atoms with Gasteiger partial charge in [0, 0.05) is 0 Å². The first kappa shape index (κ1) is 19.7. The van der Waals surface area contributed by atoms with Crippen LogP contribution in [0.25, 0.3) is 0 Å². The van der Waals surface area contributed by atoms with Gasteiger partial charge in [0.2, 0.25) is 0 Å². The fourth-order valence-electron chi connectivity index (χ4n) is 2.18. The van der Waals surface area contributed by atoms with E-state index in [9.17, 15) is 18.4 Å². The van der Waals surface area contributed by atoms with E-state index in [0.29, 0.717) is 0 Å². The zero-order valence-corrected chi connectivity index (χ0v) is 14.5. The summed E-state index contributed by atoms with van der Waals surface area (Å²) in [6.07, 6.45) is -2.83. The predicted molar refractivity (Wildman–Crippen MR) is 80.7 cm³/mol. The molecular weight excluding hydrogens is 328 g/mol. The van der Waals surface area contributed by atoms with Gasteiger partial charge in [-0.2, -0.15) is 0 Å². The van der Waals surface area contributed by atoms with E-state index in [0.717, 1.165) is 4.90 Å². The number of carbonyl (C=O) groups is 2. The molecule has 0 bridgehead atoms. The van der Waals surface area contributed by atoms with Crippen molar-refractivity contribution in [3.8, 4) is 0 Å². The minimum atomic E-state index is -2.49. The summed E-state index contributed by atoms with van der Waals surface area (Å²) < 4.78 is 32.7. The van der Waals surface area contributed by atoms with E-state index < -0.39 is 40.8 Å². The molecule has 1 heterocycles. The van der Waals surface area contributed by atoms with Crippen LogP contribution in [0.5, 0.6) is 0 Å². The van der Waals surface area contributed by atoms with Crippen LogP contribution in [0.2, 0.25) is 0 Å². The van der Waals surface area contributed by atoms with Crippen molar-refractivity contribution < 1.29 is 32.9 Å². The zero-order valence-electron chi connectivity index (χ0n) is 13.7. The van der Waals surface area contributed by atoms with Gasteiger partial charge in [0.25, 0.3) is 0 Å². The molecule has 3 unspecified atom stereocenters. The second kappa shape index (κ2) is 7.93. The summed E-state index contributed by atoms with van der Waals surface area (Å²) in [7, 11) is 0. The molecule has 1 fully saturated rings. The Morgan fingerprint density at radius 2 is 2.04 bits per heavy atom. The average molecular weight is 351 g/mol. The van der Waals surface area contributed by atoms with Crippen LogP contribution < -0.4 is 0 Å². The van der Waals surface area contributed by atoms with E-state index in [1.165, 1.54) is 4.90 Å². The van der Waals surface area contributed by atoms with Crippen LogP contribution in [-0.2, 0) is 20.6 Å². The highest BCUT2D eigenvalue weighted by molar-refractivity contribution is 7.79. The number of amides is 2. The van der Waals surface area contributed by atoms with E-state index in [-0.39, 0.29) is 25.7 Å². The van der Waals surface area contributed by atoms with Gasteiger partial charge >= 0.3 is 12.2 Å². The van der Waals surface area contributed by atoms with Crippen molar-refractivity contribution in [2.45, 2.75) is 45.5 Å². The lowest BCUT2D eigenvalue weighted by Gasteiger charge is -2.38. The van der Waals surface area contributed by atoms with Gasteiger partial charge in [0.15, 0.2) is 0 Å². The largest absolute Gasteiger partial charge is 0.771 e. The quantitative estimate of drug-likeness (QED) is 0.745. The summed E-state index contributed by atoms with van der Waals surface area (Å²) in [5.41, 5.74) is -0.770.